The number of thiophene rings is 1. The van der Waals surface area contributed by atoms with E-state index in [1.807, 2.05) is 29.0 Å². The van der Waals surface area contributed by atoms with Gasteiger partial charge in [0.25, 0.3) is 0 Å². The van der Waals surface area contributed by atoms with Gasteiger partial charge in [-0.1, -0.05) is 19.1 Å². The molecule has 5 heterocycles. The Labute approximate surface area is 212 Å². The summed E-state index contributed by atoms with van der Waals surface area (Å²) in [5.74, 6) is 1.56. The number of halogens is 1. The molecule has 36 heavy (non-hydrogen) atoms. The first kappa shape index (κ1) is 22.6. The number of aromatic nitrogens is 5. The summed E-state index contributed by atoms with van der Waals surface area (Å²) in [6, 6.07) is 13.1. The van der Waals surface area contributed by atoms with E-state index >= 15 is 0 Å². The molecule has 9 heteroatoms. The smallest absolute Gasteiger partial charge is 0.225 e. The fourth-order valence-electron chi connectivity index (χ4n) is 4.67. The van der Waals surface area contributed by atoms with Crippen LogP contribution in [0.5, 0.6) is 0 Å². The van der Waals surface area contributed by atoms with E-state index in [-0.39, 0.29) is 11.7 Å². The minimum Gasteiger partial charge on any atom is -0.351 e. The van der Waals surface area contributed by atoms with E-state index in [0.29, 0.717) is 0 Å². The zero-order valence-corrected chi connectivity index (χ0v) is 21.0. The third-order valence-corrected chi connectivity index (χ3v) is 7.85. The van der Waals surface area contributed by atoms with Crippen molar-refractivity contribution in [1.29, 1.82) is 0 Å². The number of aryl methyl sites for hydroxylation is 1. The Bertz CT molecular complexity index is 1490. The number of hydrogen-bond acceptors (Lipinski definition) is 7. The Kier molecular flexibility index (Phi) is 5.85. The van der Waals surface area contributed by atoms with E-state index in [1.165, 1.54) is 21.9 Å². The normalized spacial score (nSPS) is 15.0. The highest BCUT2D eigenvalue weighted by Gasteiger charge is 2.23. The zero-order valence-electron chi connectivity index (χ0n) is 20.2. The number of nitrogens with zero attached hydrogens (tertiary/aromatic N) is 7. The van der Waals surface area contributed by atoms with E-state index in [1.54, 1.807) is 17.7 Å². The van der Waals surface area contributed by atoms with E-state index in [9.17, 15) is 4.39 Å². The molecule has 0 aliphatic carbocycles. The van der Waals surface area contributed by atoms with Crippen LogP contribution < -0.4 is 9.80 Å². The number of fused-ring (bicyclic) bond motifs is 1. The van der Waals surface area contributed by atoms with Crippen molar-refractivity contribution >= 4 is 28.6 Å². The molecule has 1 aliphatic rings. The number of anilines is 2. The second-order valence-corrected chi connectivity index (χ2v) is 10.4. The second-order valence-electron chi connectivity index (χ2n) is 9.12. The van der Waals surface area contributed by atoms with Crippen molar-refractivity contribution in [2.75, 3.05) is 36.0 Å². The van der Waals surface area contributed by atoms with Crippen molar-refractivity contribution in [3.05, 3.63) is 89.2 Å². The first-order chi connectivity index (χ1) is 17.5. The van der Waals surface area contributed by atoms with Gasteiger partial charge in [0.15, 0.2) is 5.82 Å². The number of benzene rings is 1. The Balaban J connectivity index is 1.15. The Morgan fingerprint density at radius 2 is 1.61 bits per heavy atom. The van der Waals surface area contributed by atoms with Crippen LogP contribution in [-0.2, 0) is 0 Å². The number of piperazine rings is 1. The van der Waals surface area contributed by atoms with Crippen LogP contribution >= 0.6 is 11.3 Å². The molecule has 0 spiro atoms. The first-order valence-electron chi connectivity index (χ1n) is 12.0. The maximum atomic E-state index is 13.3. The van der Waals surface area contributed by atoms with Crippen LogP contribution in [0, 0.1) is 12.7 Å². The molecule has 0 radical (unpaired) electrons. The monoisotopic (exact) mass is 499 g/mol. The Morgan fingerprint density at radius 3 is 2.31 bits per heavy atom. The quantitative estimate of drug-likeness (QED) is 0.332. The predicted octanol–water partition coefficient (Wildman–Crippen LogP) is 5.17. The summed E-state index contributed by atoms with van der Waals surface area (Å²) in [5, 5.41) is 4.44. The Morgan fingerprint density at radius 1 is 0.889 bits per heavy atom. The molecule has 1 atom stereocenters. The van der Waals surface area contributed by atoms with E-state index in [0.717, 1.165) is 60.2 Å². The van der Waals surface area contributed by atoms with Crippen LogP contribution in [-0.4, -0.2) is 50.7 Å². The average molecular weight is 500 g/mol. The SMILES string of the molecule is Cc1ccc(-c2cc3c(N4CCN(c5ncc([C@H](C)c6ccc(F)cc6)cn5)CC4)ncnn3c2)s1. The minimum atomic E-state index is -0.227. The van der Waals surface area contributed by atoms with Crippen LogP contribution in [0.15, 0.2) is 67.4 Å². The van der Waals surface area contributed by atoms with Gasteiger partial charge in [0.1, 0.15) is 17.7 Å². The summed E-state index contributed by atoms with van der Waals surface area (Å²) in [7, 11) is 0. The molecule has 1 saturated heterocycles. The molecule has 1 fully saturated rings. The van der Waals surface area contributed by atoms with Gasteiger partial charge < -0.3 is 9.80 Å². The molecule has 0 saturated carbocycles. The summed E-state index contributed by atoms with van der Waals surface area (Å²) < 4.78 is 15.2. The summed E-state index contributed by atoms with van der Waals surface area (Å²) in [6.07, 6.45) is 7.46. The lowest BCUT2D eigenvalue weighted by atomic mass is 9.95. The molecule has 0 N–H and O–H groups in total. The van der Waals surface area contributed by atoms with Crippen LogP contribution in [0.2, 0.25) is 0 Å². The summed E-state index contributed by atoms with van der Waals surface area (Å²) >= 11 is 1.79. The molecule has 4 aromatic heterocycles. The highest BCUT2D eigenvalue weighted by Crippen LogP contribution is 2.32. The summed E-state index contributed by atoms with van der Waals surface area (Å²) in [5.41, 5.74) is 4.23. The lowest BCUT2D eigenvalue weighted by Gasteiger charge is -2.35. The molecule has 5 aromatic rings. The molecular weight excluding hydrogens is 473 g/mol. The van der Waals surface area contributed by atoms with Crippen molar-refractivity contribution < 1.29 is 4.39 Å². The lowest BCUT2D eigenvalue weighted by molar-refractivity contribution is 0.626. The average Bonchev–Trinajstić information content (AvgIpc) is 3.55. The highest BCUT2D eigenvalue weighted by molar-refractivity contribution is 7.15. The van der Waals surface area contributed by atoms with Crippen molar-refractivity contribution in [3.63, 3.8) is 0 Å². The molecular formula is C27H26FN7S. The van der Waals surface area contributed by atoms with Gasteiger partial charge in [-0.2, -0.15) is 5.10 Å². The van der Waals surface area contributed by atoms with Gasteiger partial charge in [0.2, 0.25) is 5.95 Å². The van der Waals surface area contributed by atoms with Gasteiger partial charge in [0, 0.05) is 66.0 Å². The van der Waals surface area contributed by atoms with Crippen molar-refractivity contribution in [2.45, 2.75) is 19.8 Å². The third-order valence-electron chi connectivity index (χ3n) is 6.80. The number of hydrogen-bond donors (Lipinski definition) is 0. The van der Waals surface area contributed by atoms with E-state index in [2.05, 4.69) is 68.1 Å². The van der Waals surface area contributed by atoms with Gasteiger partial charge in [-0.3, -0.25) is 0 Å². The molecule has 182 valence electrons. The fraction of sp³-hybridized carbons (Fsp3) is 0.259. The van der Waals surface area contributed by atoms with Gasteiger partial charge in [0.05, 0.1) is 0 Å². The molecule has 0 bridgehead atoms. The highest BCUT2D eigenvalue weighted by atomic mass is 32.1. The molecule has 7 nitrogen and oxygen atoms in total. The molecule has 0 amide bonds. The van der Waals surface area contributed by atoms with Crippen LogP contribution in [0.3, 0.4) is 0 Å². The largest absolute Gasteiger partial charge is 0.351 e. The third kappa shape index (κ3) is 4.30. The van der Waals surface area contributed by atoms with Crippen LogP contribution in [0.25, 0.3) is 16.0 Å². The molecule has 6 rings (SSSR count). The first-order valence-corrected chi connectivity index (χ1v) is 12.8. The van der Waals surface area contributed by atoms with E-state index in [4.69, 9.17) is 0 Å². The van der Waals surface area contributed by atoms with Crippen molar-refractivity contribution in [1.82, 2.24) is 24.6 Å². The Hall–Kier alpha value is -3.85. The van der Waals surface area contributed by atoms with Crippen LogP contribution in [0.1, 0.15) is 28.8 Å². The zero-order chi connectivity index (χ0) is 24.6. The van der Waals surface area contributed by atoms with Gasteiger partial charge in [-0.15, -0.1) is 11.3 Å². The molecule has 0 unspecified atom stereocenters. The summed E-state index contributed by atoms with van der Waals surface area (Å²) in [4.78, 5) is 21.0. The standard InChI is InChI=1S/C27H26FN7S/c1-18-3-8-25(36-18)21-13-24-26(31-17-32-35(24)16-21)33-9-11-34(12-10-33)27-29-14-22(15-30-27)19(2)20-4-6-23(28)7-5-20/h3-8,13-17,19H,9-12H2,1-2H3/t19-/m1/s1. The lowest BCUT2D eigenvalue weighted by Crippen LogP contribution is -2.47. The van der Waals surface area contributed by atoms with Crippen molar-refractivity contribution in [2.24, 2.45) is 0 Å². The van der Waals surface area contributed by atoms with Crippen molar-refractivity contribution in [3.8, 4) is 10.4 Å². The van der Waals surface area contributed by atoms with Gasteiger partial charge in [-0.25, -0.2) is 23.9 Å². The topological polar surface area (TPSA) is 62.5 Å². The second kappa shape index (κ2) is 9.31. The number of rotatable bonds is 5. The molecule has 1 aliphatic heterocycles. The molecule has 1 aromatic carbocycles. The summed E-state index contributed by atoms with van der Waals surface area (Å²) in [6.45, 7) is 7.46. The maximum absolute atomic E-state index is 13.3. The predicted molar refractivity (Wildman–Crippen MR) is 141 cm³/mol. The fourth-order valence-corrected chi connectivity index (χ4v) is 5.51. The van der Waals surface area contributed by atoms with Gasteiger partial charge >= 0.3 is 0 Å². The maximum Gasteiger partial charge on any atom is 0.225 e. The van der Waals surface area contributed by atoms with Crippen LogP contribution in [0.4, 0.5) is 16.2 Å². The minimum absolute atomic E-state index is 0.0988. The van der Waals surface area contributed by atoms with Gasteiger partial charge in [-0.05, 0) is 48.4 Å². The van der Waals surface area contributed by atoms with E-state index < -0.39 is 0 Å².